The van der Waals surface area contributed by atoms with Crippen LogP contribution in [0.3, 0.4) is 0 Å². The Morgan fingerprint density at radius 2 is 2.32 bits per heavy atom. The van der Waals surface area contributed by atoms with E-state index in [-0.39, 0.29) is 12.0 Å². The summed E-state index contributed by atoms with van der Waals surface area (Å²) < 4.78 is 10.5. The fraction of sp³-hybridized carbons (Fsp3) is 0.727. The number of nitrogens with zero attached hydrogens (tertiary/aromatic N) is 3. The second-order valence-electron chi connectivity index (χ2n) is 4.53. The minimum atomic E-state index is -0.883. The fourth-order valence-electron chi connectivity index (χ4n) is 1.69. The minimum Gasteiger partial charge on any atom is -0.463 e. The highest BCUT2D eigenvalue weighted by molar-refractivity contribution is 5.33. The van der Waals surface area contributed by atoms with E-state index in [0.717, 1.165) is 6.42 Å². The maximum atomic E-state index is 10.1. The Kier molecular flexibility index (Phi) is 4.33. The van der Waals surface area contributed by atoms with Crippen molar-refractivity contribution in [3.63, 3.8) is 0 Å². The molecule has 1 aliphatic rings. The number of nitrogens with one attached hydrogen (secondary N) is 1. The molecule has 0 radical (unpaired) electrons. The van der Waals surface area contributed by atoms with Crippen LogP contribution >= 0.6 is 0 Å². The smallest absolute Gasteiger partial charge is 0.323 e. The average Bonchev–Trinajstić information content (AvgIpc) is 2.81. The van der Waals surface area contributed by atoms with Gasteiger partial charge in [-0.1, -0.05) is 6.92 Å². The number of nitrogen functional groups attached to an aromatic ring is 1. The Morgan fingerprint density at radius 3 is 3.00 bits per heavy atom. The molecule has 0 bridgehead atoms. The Morgan fingerprint density at radius 1 is 1.47 bits per heavy atom. The molecule has 1 unspecified atom stereocenters. The van der Waals surface area contributed by atoms with Crippen LogP contribution in [0, 0.1) is 0 Å². The molecule has 8 nitrogen and oxygen atoms in total. The number of nitrogens with two attached hydrogens (primary N) is 1. The molecule has 2 rings (SSSR count). The number of hydrogen-bond acceptors (Lipinski definition) is 8. The van der Waals surface area contributed by atoms with Crippen LogP contribution in [0.15, 0.2) is 0 Å². The standard InChI is InChI=1S/C11H19N5O3/c1-2-4-19-10-15-8(12)14-9(16-10)13-6-11(17)3-5-18-7-11/h17H,2-7H2,1H3,(H3,12,13,14,15,16). The highest BCUT2D eigenvalue weighted by Gasteiger charge is 2.32. The van der Waals surface area contributed by atoms with E-state index in [0.29, 0.717) is 38.7 Å². The van der Waals surface area contributed by atoms with Crippen molar-refractivity contribution in [2.75, 3.05) is 37.4 Å². The van der Waals surface area contributed by atoms with Crippen molar-refractivity contribution in [2.24, 2.45) is 0 Å². The highest BCUT2D eigenvalue weighted by atomic mass is 16.5. The average molecular weight is 269 g/mol. The fourth-order valence-corrected chi connectivity index (χ4v) is 1.69. The molecule has 1 saturated heterocycles. The van der Waals surface area contributed by atoms with Gasteiger partial charge < -0.3 is 25.6 Å². The van der Waals surface area contributed by atoms with Gasteiger partial charge in [0.2, 0.25) is 11.9 Å². The summed E-state index contributed by atoms with van der Waals surface area (Å²) in [5.74, 6) is 0.372. The quantitative estimate of drug-likeness (QED) is 0.650. The normalized spacial score (nSPS) is 22.4. The van der Waals surface area contributed by atoms with Gasteiger partial charge in [0.05, 0.1) is 13.2 Å². The van der Waals surface area contributed by atoms with Gasteiger partial charge in [-0.25, -0.2) is 0 Å². The van der Waals surface area contributed by atoms with E-state index in [4.69, 9.17) is 15.2 Å². The maximum Gasteiger partial charge on any atom is 0.323 e. The Hall–Kier alpha value is -1.67. The summed E-state index contributed by atoms with van der Waals surface area (Å²) in [5.41, 5.74) is 4.70. The summed E-state index contributed by atoms with van der Waals surface area (Å²) in [6.45, 7) is 3.66. The molecule has 1 fully saturated rings. The first kappa shape index (κ1) is 13.8. The molecule has 8 heteroatoms. The van der Waals surface area contributed by atoms with Crippen molar-refractivity contribution < 1.29 is 14.6 Å². The molecule has 0 aliphatic carbocycles. The van der Waals surface area contributed by atoms with Crippen molar-refractivity contribution in [3.8, 4) is 6.01 Å². The van der Waals surface area contributed by atoms with Gasteiger partial charge in [-0.3, -0.25) is 0 Å². The van der Waals surface area contributed by atoms with Crippen molar-refractivity contribution in [1.29, 1.82) is 0 Å². The van der Waals surface area contributed by atoms with Crippen LogP contribution < -0.4 is 15.8 Å². The van der Waals surface area contributed by atoms with E-state index in [1.165, 1.54) is 0 Å². The maximum absolute atomic E-state index is 10.1. The lowest BCUT2D eigenvalue weighted by Gasteiger charge is -2.20. The first-order valence-corrected chi connectivity index (χ1v) is 6.30. The predicted octanol–water partition coefficient (Wildman–Crippen LogP) is -0.194. The largest absolute Gasteiger partial charge is 0.463 e. The van der Waals surface area contributed by atoms with Crippen LogP contribution in [0.25, 0.3) is 0 Å². The summed E-state index contributed by atoms with van der Waals surface area (Å²) in [5, 5.41) is 13.0. The minimum absolute atomic E-state index is 0.0817. The molecule has 4 N–H and O–H groups in total. The van der Waals surface area contributed by atoms with Crippen LogP contribution in [0.2, 0.25) is 0 Å². The summed E-state index contributed by atoms with van der Waals surface area (Å²) >= 11 is 0. The number of anilines is 2. The molecular formula is C11H19N5O3. The zero-order chi connectivity index (χ0) is 13.7. The number of rotatable bonds is 6. The van der Waals surface area contributed by atoms with E-state index < -0.39 is 5.60 Å². The van der Waals surface area contributed by atoms with Crippen molar-refractivity contribution >= 4 is 11.9 Å². The number of hydrogen-bond donors (Lipinski definition) is 3. The molecule has 1 aromatic rings. The Labute approximate surface area is 111 Å². The van der Waals surface area contributed by atoms with Gasteiger partial charge in [0.15, 0.2) is 0 Å². The molecule has 106 valence electrons. The Bertz CT molecular complexity index is 423. The van der Waals surface area contributed by atoms with E-state index in [9.17, 15) is 5.11 Å². The van der Waals surface area contributed by atoms with Crippen LogP contribution in [-0.4, -0.2) is 52.0 Å². The van der Waals surface area contributed by atoms with Gasteiger partial charge in [0.25, 0.3) is 0 Å². The summed E-state index contributed by atoms with van der Waals surface area (Å²) in [6.07, 6.45) is 1.44. The van der Waals surface area contributed by atoms with E-state index in [2.05, 4.69) is 20.3 Å². The van der Waals surface area contributed by atoms with Gasteiger partial charge in [-0.05, 0) is 6.42 Å². The summed E-state index contributed by atoms with van der Waals surface area (Å²) in [6, 6.07) is 0.187. The SMILES string of the molecule is CCCOc1nc(N)nc(NCC2(O)CCOC2)n1. The van der Waals surface area contributed by atoms with Crippen LogP contribution in [0.5, 0.6) is 6.01 Å². The molecule has 1 aromatic heterocycles. The first-order chi connectivity index (χ1) is 9.11. The lowest BCUT2D eigenvalue weighted by molar-refractivity contribution is 0.0380. The van der Waals surface area contributed by atoms with Crippen molar-refractivity contribution in [3.05, 3.63) is 0 Å². The molecule has 0 amide bonds. The van der Waals surface area contributed by atoms with E-state index in [1.54, 1.807) is 0 Å². The lowest BCUT2D eigenvalue weighted by atomic mass is 10.0. The van der Waals surface area contributed by atoms with Crippen LogP contribution in [0.4, 0.5) is 11.9 Å². The van der Waals surface area contributed by atoms with E-state index in [1.807, 2.05) is 6.92 Å². The van der Waals surface area contributed by atoms with Crippen molar-refractivity contribution in [2.45, 2.75) is 25.4 Å². The molecular weight excluding hydrogens is 250 g/mol. The van der Waals surface area contributed by atoms with E-state index >= 15 is 0 Å². The van der Waals surface area contributed by atoms with Gasteiger partial charge in [-0.15, -0.1) is 0 Å². The molecule has 2 heterocycles. The van der Waals surface area contributed by atoms with Gasteiger partial charge in [0.1, 0.15) is 5.60 Å². The topological polar surface area (TPSA) is 115 Å². The second kappa shape index (κ2) is 5.98. The van der Waals surface area contributed by atoms with Gasteiger partial charge >= 0.3 is 6.01 Å². The third-order valence-electron chi connectivity index (χ3n) is 2.73. The van der Waals surface area contributed by atoms with Crippen molar-refractivity contribution in [1.82, 2.24) is 15.0 Å². The number of aliphatic hydroxyl groups is 1. The lowest BCUT2D eigenvalue weighted by Crippen LogP contribution is -2.37. The number of ether oxygens (including phenoxy) is 2. The first-order valence-electron chi connectivity index (χ1n) is 6.30. The third-order valence-corrected chi connectivity index (χ3v) is 2.73. The van der Waals surface area contributed by atoms with Gasteiger partial charge in [0, 0.05) is 19.6 Å². The zero-order valence-electron chi connectivity index (χ0n) is 10.9. The molecule has 0 spiro atoms. The summed E-state index contributed by atoms with van der Waals surface area (Å²) in [7, 11) is 0. The molecule has 1 aliphatic heterocycles. The predicted molar refractivity (Wildman–Crippen MR) is 68.9 cm³/mol. The monoisotopic (exact) mass is 269 g/mol. The molecule has 0 aromatic carbocycles. The third kappa shape index (κ3) is 3.90. The highest BCUT2D eigenvalue weighted by Crippen LogP contribution is 2.19. The summed E-state index contributed by atoms with van der Waals surface area (Å²) in [4.78, 5) is 11.9. The second-order valence-corrected chi connectivity index (χ2v) is 4.53. The van der Waals surface area contributed by atoms with Crippen LogP contribution in [-0.2, 0) is 4.74 Å². The zero-order valence-corrected chi connectivity index (χ0v) is 10.9. The number of aromatic nitrogens is 3. The Balaban J connectivity index is 1.97. The molecule has 1 atom stereocenters. The molecule has 19 heavy (non-hydrogen) atoms. The van der Waals surface area contributed by atoms with Gasteiger partial charge in [-0.2, -0.15) is 15.0 Å². The molecule has 0 saturated carbocycles. The van der Waals surface area contributed by atoms with Crippen LogP contribution in [0.1, 0.15) is 19.8 Å².